The van der Waals surface area contributed by atoms with E-state index in [0.717, 1.165) is 28.0 Å². The average molecular weight is 339 g/mol. The minimum atomic E-state index is 0.754. The van der Waals surface area contributed by atoms with Gasteiger partial charge in [0.25, 0.3) is 0 Å². The molecule has 2 heterocycles. The van der Waals surface area contributed by atoms with Gasteiger partial charge in [-0.1, -0.05) is 42.5 Å². The van der Waals surface area contributed by atoms with Gasteiger partial charge in [0, 0.05) is 6.54 Å². The van der Waals surface area contributed by atoms with Crippen LogP contribution in [0, 0.1) is 0 Å². The molecule has 0 amide bonds. The number of aryl methyl sites for hydroxylation is 2. The Bertz CT molecular complexity index is 883. The van der Waals surface area contributed by atoms with Crippen molar-refractivity contribution in [1.82, 2.24) is 25.2 Å². The zero-order valence-corrected chi connectivity index (χ0v) is 13.8. The monoisotopic (exact) mass is 339 g/mol. The summed E-state index contributed by atoms with van der Waals surface area (Å²) in [5.74, 6) is 0. The number of tetrazole rings is 1. The zero-order chi connectivity index (χ0) is 15.5. The third kappa shape index (κ3) is 3.25. The maximum atomic E-state index is 4.62. The highest BCUT2D eigenvalue weighted by Gasteiger charge is 2.11. The van der Waals surface area contributed by atoms with Crippen molar-refractivity contribution in [2.45, 2.75) is 22.5 Å². The largest absolute Gasteiger partial charge is 0.229 e. The molecular weight excluding hydrogens is 326 g/mol. The van der Waals surface area contributed by atoms with E-state index in [1.54, 1.807) is 11.3 Å². The van der Waals surface area contributed by atoms with Gasteiger partial charge in [-0.2, -0.15) is 0 Å². The van der Waals surface area contributed by atoms with Gasteiger partial charge in [-0.25, -0.2) is 9.67 Å². The number of aromatic nitrogens is 5. The molecule has 23 heavy (non-hydrogen) atoms. The number of rotatable bonds is 5. The van der Waals surface area contributed by atoms with Gasteiger partial charge in [0.1, 0.15) is 0 Å². The first-order valence-corrected chi connectivity index (χ1v) is 8.85. The topological polar surface area (TPSA) is 56.5 Å². The quantitative estimate of drug-likeness (QED) is 0.555. The number of fused-ring (bicyclic) bond motifs is 1. The molecule has 0 aliphatic heterocycles. The number of hydrogen-bond acceptors (Lipinski definition) is 6. The maximum Gasteiger partial charge on any atom is 0.216 e. The molecular formula is C16H13N5S2. The lowest BCUT2D eigenvalue weighted by atomic mass is 10.2. The summed E-state index contributed by atoms with van der Waals surface area (Å²) in [5.41, 5.74) is 2.29. The van der Waals surface area contributed by atoms with Crippen molar-refractivity contribution >= 4 is 33.3 Å². The van der Waals surface area contributed by atoms with Crippen LogP contribution in [-0.4, -0.2) is 25.2 Å². The van der Waals surface area contributed by atoms with Gasteiger partial charge in [-0.05, 0) is 46.3 Å². The SMILES string of the molecule is c1ccc(CCn2nnnc2Sc2nc3ccccc3s2)cc1. The van der Waals surface area contributed by atoms with E-state index in [0.29, 0.717) is 0 Å². The van der Waals surface area contributed by atoms with E-state index < -0.39 is 0 Å². The Morgan fingerprint density at radius 2 is 1.83 bits per heavy atom. The second-order valence-corrected chi connectivity index (χ2v) is 7.21. The molecule has 0 bridgehead atoms. The van der Waals surface area contributed by atoms with E-state index in [4.69, 9.17) is 0 Å². The van der Waals surface area contributed by atoms with Gasteiger partial charge in [-0.15, -0.1) is 16.4 Å². The van der Waals surface area contributed by atoms with Gasteiger partial charge < -0.3 is 0 Å². The fourth-order valence-electron chi connectivity index (χ4n) is 2.26. The van der Waals surface area contributed by atoms with Crippen molar-refractivity contribution in [3.63, 3.8) is 0 Å². The van der Waals surface area contributed by atoms with Crippen molar-refractivity contribution < 1.29 is 0 Å². The minimum absolute atomic E-state index is 0.754. The molecule has 2 aromatic carbocycles. The molecule has 0 N–H and O–H groups in total. The Morgan fingerprint density at radius 1 is 1.00 bits per heavy atom. The van der Waals surface area contributed by atoms with E-state index in [2.05, 4.69) is 38.7 Å². The van der Waals surface area contributed by atoms with Crippen molar-refractivity contribution in [2.24, 2.45) is 0 Å². The summed E-state index contributed by atoms with van der Waals surface area (Å²) < 4.78 is 3.98. The number of thiazole rings is 1. The molecule has 0 fully saturated rings. The van der Waals surface area contributed by atoms with Crippen LogP contribution < -0.4 is 0 Å². The van der Waals surface area contributed by atoms with Gasteiger partial charge in [0.2, 0.25) is 5.16 Å². The molecule has 0 aliphatic carbocycles. The van der Waals surface area contributed by atoms with E-state index in [9.17, 15) is 0 Å². The average Bonchev–Trinajstić information content (AvgIpc) is 3.20. The lowest BCUT2D eigenvalue weighted by Crippen LogP contribution is -2.05. The van der Waals surface area contributed by atoms with E-state index >= 15 is 0 Å². The Kier molecular flexibility index (Phi) is 4.04. The molecule has 5 nitrogen and oxygen atoms in total. The molecule has 7 heteroatoms. The molecule has 0 saturated carbocycles. The first-order chi connectivity index (χ1) is 11.4. The van der Waals surface area contributed by atoms with Crippen LogP contribution in [0.4, 0.5) is 0 Å². The minimum Gasteiger partial charge on any atom is -0.229 e. The van der Waals surface area contributed by atoms with Gasteiger partial charge >= 0.3 is 0 Å². The van der Waals surface area contributed by atoms with Crippen LogP contribution in [0.2, 0.25) is 0 Å². The summed E-state index contributed by atoms with van der Waals surface area (Å²) in [6.45, 7) is 0.754. The standard InChI is InChI=1S/C16H13N5S2/c1-2-6-12(7-3-1)10-11-21-15(18-19-20-21)23-16-17-13-8-4-5-9-14(13)22-16/h1-9H,10-11H2. The first kappa shape index (κ1) is 14.3. The fraction of sp³-hybridized carbons (Fsp3) is 0.125. The maximum absolute atomic E-state index is 4.62. The summed E-state index contributed by atoms with van der Waals surface area (Å²) in [6.07, 6.45) is 0.902. The van der Waals surface area contributed by atoms with E-state index in [1.807, 2.05) is 41.1 Å². The van der Waals surface area contributed by atoms with Crippen LogP contribution in [0.1, 0.15) is 5.56 Å². The Labute approximate surface area is 141 Å². The normalized spacial score (nSPS) is 11.1. The molecule has 2 aromatic heterocycles. The number of hydrogen-bond donors (Lipinski definition) is 0. The lowest BCUT2D eigenvalue weighted by molar-refractivity contribution is 0.548. The highest BCUT2D eigenvalue weighted by atomic mass is 32.2. The van der Waals surface area contributed by atoms with Crippen LogP contribution in [0.25, 0.3) is 10.2 Å². The fourth-order valence-corrected chi connectivity index (χ4v) is 4.23. The van der Waals surface area contributed by atoms with Crippen molar-refractivity contribution in [3.05, 3.63) is 60.2 Å². The van der Waals surface area contributed by atoms with E-state index in [-0.39, 0.29) is 0 Å². The van der Waals surface area contributed by atoms with Gasteiger partial charge in [-0.3, -0.25) is 0 Å². The van der Waals surface area contributed by atoms with Gasteiger partial charge in [0.15, 0.2) is 4.34 Å². The van der Waals surface area contributed by atoms with Crippen LogP contribution in [0.15, 0.2) is 64.1 Å². The molecule has 0 atom stereocenters. The number of para-hydroxylation sites is 1. The van der Waals surface area contributed by atoms with Crippen molar-refractivity contribution in [1.29, 1.82) is 0 Å². The Balaban J connectivity index is 1.50. The second kappa shape index (κ2) is 6.47. The highest BCUT2D eigenvalue weighted by molar-refractivity contribution is 8.01. The van der Waals surface area contributed by atoms with Crippen molar-refractivity contribution in [2.75, 3.05) is 0 Å². The summed E-state index contributed by atoms with van der Waals surface area (Å²) in [5, 5.41) is 12.8. The summed E-state index contributed by atoms with van der Waals surface area (Å²) in [6, 6.07) is 18.5. The second-order valence-electron chi connectivity index (χ2n) is 4.97. The van der Waals surface area contributed by atoms with Crippen LogP contribution >= 0.6 is 23.1 Å². The van der Waals surface area contributed by atoms with Crippen molar-refractivity contribution in [3.8, 4) is 0 Å². The molecule has 0 unspecified atom stereocenters. The van der Waals surface area contributed by atoms with Crippen LogP contribution in [-0.2, 0) is 13.0 Å². The first-order valence-electron chi connectivity index (χ1n) is 7.22. The Morgan fingerprint density at radius 3 is 2.70 bits per heavy atom. The molecule has 0 aliphatic rings. The van der Waals surface area contributed by atoms with Crippen LogP contribution in [0.3, 0.4) is 0 Å². The third-order valence-electron chi connectivity index (χ3n) is 3.41. The van der Waals surface area contributed by atoms with Crippen LogP contribution in [0.5, 0.6) is 0 Å². The molecule has 4 aromatic rings. The summed E-state index contributed by atoms with van der Waals surface area (Å²) in [7, 11) is 0. The zero-order valence-electron chi connectivity index (χ0n) is 12.2. The van der Waals surface area contributed by atoms with Gasteiger partial charge in [0.05, 0.1) is 10.2 Å². The highest BCUT2D eigenvalue weighted by Crippen LogP contribution is 2.32. The lowest BCUT2D eigenvalue weighted by Gasteiger charge is -2.03. The molecule has 0 spiro atoms. The smallest absolute Gasteiger partial charge is 0.216 e. The third-order valence-corrected chi connectivity index (χ3v) is 5.48. The predicted molar refractivity (Wildman–Crippen MR) is 91.7 cm³/mol. The van der Waals surface area contributed by atoms with E-state index in [1.165, 1.54) is 22.0 Å². The number of nitrogens with zero attached hydrogens (tertiary/aromatic N) is 5. The predicted octanol–water partition coefficient (Wildman–Crippen LogP) is 3.68. The summed E-state index contributed by atoms with van der Waals surface area (Å²) in [4.78, 5) is 4.62. The molecule has 0 saturated heterocycles. The number of benzene rings is 2. The Hall–Kier alpha value is -2.25. The molecule has 4 rings (SSSR count). The summed E-state index contributed by atoms with van der Waals surface area (Å²) >= 11 is 3.18. The molecule has 114 valence electrons. The molecule has 0 radical (unpaired) electrons.